The summed E-state index contributed by atoms with van der Waals surface area (Å²) >= 11 is 11.8. The van der Waals surface area contributed by atoms with Gasteiger partial charge in [0.05, 0.1) is 10.7 Å². The molecule has 3 N–H and O–H groups in total. The molecule has 1 unspecified atom stereocenters. The second-order valence-electron chi connectivity index (χ2n) is 4.61. The van der Waals surface area contributed by atoms with Gasteiger partial charge in [-0.05, 0) is 37.6 Å². The Labute approximate surface area is 122 Å². The Balaban J connectivity index is 1.81. The molecule has 1 saturated heterocycles. The van der Waals surface area contributed by atoms with E-state index in [1.807, 2.05) is 0 Å². The topological polar surface area (TPSA) is 53.2 Å². The summed E-state index contributed by atoms with van der Waals surface area (Å²) in [5.74, 6) is 0. The highest BCUT2D eigenvalue weighted by molar-refractivity contribution is 6.35. The monoisotopic (exact) mass is 301 g/mol. The molecule has 0 spiro atoms. The lowest BCUT2D eigenvalue weighted by Gasteiger charge is -2.23. The minimum Gasteiger partial charge on any atom is -0.336 e. The zero-order chi connectivity index (χ0) is 13.7. The number of benzene rings is 1. The first-order valence-electron chi connectivity index (χ1n) is 6.38. The third-order valence-electron chi connectivity index (χ3n) is 3.10. The van der Waals surface area contributed by atoms with Crippen LogP contribution in [-0.2, 0) is 0 Å². The second-order valence-corrected chi connectivity index (χ2v) is 5.45. The standard InChI is InChI=1S/C13H17Cl2N3O/c14-9-4-5-11(15)12(7-9)18-13(19)17-8-10-3-1-2-6-16-10/h4-5,7,10,16H,1-3,6,8H2,(H2,17,18,19). The fourth-order valence-electron chi connectivity index (χ4n) is 2.07. The highest BCUT2D eigenvalue weighted by atomic mass is 35.5. The van der Waals surface area contributed by atoms with Gasteiger partial charge in [0.15, 0.2) is 0 Å². The fraction of sp³-hybridized carbons (Fsp3) is 0.462. The van der Waals surface area contributed by atoms with Gasteiger partial charge in [-0.15, -0.1) is 0 Å². The van der Waals surface area contributed by atoms with Crippen LogP contribution in [0.2, 0.25) is 10.0 Å². The summed E-state index contributed by atoms with van der Waals surface area (Å²) < 4.78 is 0. The smallest absolute Gasteiger partial charge is 0.319 e. The van der Waals surface area contributed by atoms with Crippen LogP contribution in [0.3, 0.4) is 0 Å². The number of carbonyl (C=O) groups is 1. The van der Waals surface area contributed by atoms with Crippen LogP contribution in [-0.4, -0.2) is 25.2 Å². The van der Waals surface area contributed by atoms with Crippen molar-refractivity contribution in [1.29, 1.82) is 0 Å². The fourth-order valence-corrected chi connectivity index (χ4v) is 2.41. The van der Waals surface area contributed by atoms with Gasteiger partial charge in [0.2, 0.25) is 0 Å². The van der Waals surface area contributed by atoms with Crippen molar-refractivity contribution in [2.45, 2.75) is 25.3 Å². The number of anilines is 1. The number of hydrogen-bond acceptors (Lipinski definition) is 2. The molecule has 1 aromatic rings. The van der Waals surface area contributed by atoms with Crippen LogP contribution in [0.1, 0.15) is 19.3 Å². The van der Waals surface area contributed by atoms with Gasteiger partial charge in [0.1, 0.15) is 0 Å². The van der Waals surface area contributed by atoms with E-state index in [4.69, 9.17) is 23.2 Å². The lowest BCUT2D eigenvalue weighted by Crippen LogP contribution is -2.44. The molecule has 19 heavy (non-hydrogen) atoms. The van der Waals surface area contributed by atoms with Crippen LogP contribution in [0.5, 0.6) is 0 Å². The number of piperidine rings is 1. The largest absolute Gasteiger partial charge is 0.336 e. The van der Waals surface area contributed by atoms with Crippen molar-refractivity contribution in [1.82, 2.24) is 10.6 Å². The summed E-state index contributed by atoms with van der Waals surface area (Å²) in [6.45, 7) is 1.64. The highest BCUT2D eigenvalue weighted by Gasteiger charge is 2.13. The maximum Gasteiger partial charge on any atom is 0.319 e. The molecule has 0 aromatic heterocycles. The molecule has 0 radical (unpaired) electrons. The summed E-state index contributed by atoms with van der Waals surface area (Å²) in [4.78, 5) is 11.8. The first-order valence-corrected chi connectivity index (χ1v) is 7.14. The van der Waals surface area contributed by atoms with Gasteiger partial charge in [-0.1, -0.05) is 29.6 Å². The molecule has 1 aliphatic rings. The van der Waals surface area contributed by atoms with Crippen molar-refractivity contribution in [3.63, 3.8) is 0 Å². The quantitative estimate of drug-likeness (QED) is 0.803. The number of hydrogen-bond donors (Lipinski definition) is 3. The van der Waals surface area contributed by atoms with Crippen molar-refractivity contribution < 1.29 is 4.79 Å². The van der Waals surface area contributed by atoms with Gasteiger partial charge < -0.3 is 16.0 Å². The first kappa shape index (κ1) is 14.4. The minimum absolute atomic E-state index is 0.267. The third-order valence-corrected chi connectivity index (χ3v) is 3.66. The second kappa shape index (κ2) is 6.98. The Morgan fingerprint density at radius 2 is 2.21 bits per heavy atom. The van der Waals surface area contributed by atoms with E-state index in [9.17, 15) is 4.79 Å². The Bertz CT molecular complexity index is 448. The average molecular weight is 302 g/mol. The number of rotatable bonds is 3. The van der Waals surface area contributed by atoms with Gasteiger partial charge in [-0.2, -0.15) is 0 Å². The summed E-state index contributed by atoms with van der Waals surface area (Å²) in [7, 11) is 0. The maximum absolute atomic E-state index is 11.8. The molecule has 104 valence electrons. The molecule has 0 bridgehead atoms. The summed E-state index contributed by atoms with van der Waals surface area (Å²) in [5.41, 5.74) is 0.517. The van der Waals surface area contributed by atoms with Gasteiger partial charge in [0, 0.05) is 17.6 Å². The summed E-state index contributed by atoms with van der Waals surface area (Å²) in [6, 6.07) is 5.05. The molecular formula is C13H17Cl2N3O. The van der Waals surface area contributed by atoms with E-state index in [0.717, 1.165) is 13.0 Å². The molecule has 6 heteroatoms. The molecule has 1 fully saturated rings. The summed E-state index contributed by atoms with van der Waals surface area (Å²) in [6.07, 6.45) is 3.51. The van der Waals surface area contributed by atoms with Crippen LogP contribution in [0.15, 0.2) is 18.2 Å². The van der Waals surface area contributed by atoms with Crippen molar-refractivity contribution in [2.75, 3.05) is 18.4 Å². The van der Waals surface area contributed by atoms with Crippen molar-refractivity contribution in [2.24, 2.45) is 0 Å². The molecular weight excluding hydrogens is 285 g/mol. The van der Waals surface area contributed by atoms with Crippen LogP contribution < -0.4 is 16.0 Å². The SMILES string of the molecule is O=C(NCC1CCCCN1)Nc1cc(Cl)ccc1Cl. The number of urea groups is 1. The number of halogens is 2. The van der Waals surface area contributed by atoms with E-state index in [1.165, 1.54) is 12.8 Å². The maximum atomic E-state index is 11.8. The van der Waals surface area contributed by atoms with E-state index in [-0.39, 0.29) is 6.03 Å². The Morgan fingerprint density at radius 3 is 2.95 bits per heavy atom. The molecule has 1 aromatic carbocycles. The normalized spacial score (nSPS) is 18.9. The van der Waals surface area contributed by atoms with Crippen LogP contribution in [0.4, 0.5) is 10.5 Å². The molecule has 1 atom stereocenters. The van der Waals surface area contributed by atoms with E-state index >= 15 is 0 Å². The van der Waals surface area contributed by atoms with E-state index in [1.54, 1.807) is 18.2 Å². The van der Waals surface area contributed by atoms with Crippen LogP contribution in [0.25, 0.3) is 0 Å². The van der Waals surface area contributed by atoms with E-state index in [0.29, 0.717) is 28.3 Å². The minimum atomic E-state index is -0.267. The highest BCUT2D eigenvalue weighted by Crippen LogP contribution is 2.25. The van der Waals surface area contributed by atoms with Crippen LogP contribution in [0, 0.1) is 0 Å². The molecule has 0 aliphatic carbocycles. The average Bonchev–Trinajstić information content (AvgIpc) is 2.42. The molecule has 1 aliphatic heterocycles. The predicted octanol–water partition coefficient (Wildman–Crippen LogP) is 3.26. The van der Waals surface area contributed by atoms with Crippen molar-refractivity contribution in [3.8, 4) is 0 Å². The van der Waals surface area contributed by atoms with Crippen molar-refractivity contribution in [3.05, 3.63) is 28.2 Å². The Kier molecular flexibility index (Phi) is 5.31. The van der Waals surface area contributed by atoms with Crippen molar-refractivity contribution >= 4 is 34.9 Å². The number of carbonyl (C=O) groups excluding carboxylic acids is 1. The zero-order valence-electron chi connectivity index (χ0n) is 10.5. The van der Waals surface area contributed by atoms with Gasteiger partial charge in [-0.3, -0.25) is 0 Å². The van der Waals surface area contributed by atoms with Crippen LogP contribution >= 0.6 is 23.2 Å². The van der Waals surface area contributed by atoms with Gasteiger partial charge in [0.25, 0.3) is 0 Å². The number of nitrogens with one attached hydrogen (secondary N) is 3. The third kappa shape index (κ3) is 4.56. The molecule has 1 heterocycles. The van der Waals surface area contributed by atoms with E-state index < -0.39 is 0 Å². The Hall–Kier alpha value is -0.970. The molecule has 2 amide bonds. The number of amides is 2. The molecule has 0 saturated carbocycles. The Morgan fingerprint density at radius 1 is 1.37 bits per heavy atom. The zero-order valence-corrected chi connectivity index (χ0v) is 12.0. The lowest BCUT2D eigenvalue weighted by molar-refractivity contribution is 0.249. The van der Waals surface area contributed by atoms with E-state index in [2.05, 4.69) is 16.0 Å². The molecule has 2 rings (SSSR count). The first-order chi connectivity index (χ1) is 9.15. The van der Waals surface area contributed by atoms with Gasteiger partial charge in [-0.25, -0.2) is 4.79 Å². The predicted molar refractivity (Wildman–Crippen MR) is 79.1 cm³/mol. The molecule has 4 nitrogen and oxygen atoms in total. The van der Waals surface area contributed by atoms with Gasteiger partial charge >= 0.3 is 6.03 Å². The lowest BCUT2D eigenvalue weighted by atomic mass is 10.1. The summed E-state index contributed by atoms with van der Waals surface area (Å²) in [5, 5.41) is 9.90.